The van der Waals surface area contributed by atoms with Crippen LogP contribution in [0.1, 0.15) is 31.5 Å². The van der Waals surface area contributed by atoms with Crippen molar-refractivity contribution < 1.29 is 9.90 Å². The molecular weight excluding hydrogens is 300 g/mol. The summed E-state index contributed by atoms with van der Waals surface area (Å²) in [5.74, 6) is -0.104. The largest absolute Gasteiger partial charge is 0.394 e. The Hall–Kier alpha value is -2.35. The second-order valence-electron chi connectivity index (χ2n) is 5.98. The van der Waals surface area contributed by atoms with Gasteiger partial charge in [0, 0.05) is 23.7 Å². The van der Waals surface area contributed by atoms with Crippen LogP contribution in [0.25, 0.3) is 5.65 Å². The Kier molecular flexibility index (Phi) is 5.05. The van der Waals surface area contributed by atoms with Gasteiger partial charge in [0.1, 0.15) is 5.65 Å². The lowest BCUT2D eigenvalue weighted by Gasteiger charge is -2.19. The van der Waals surface area contributed by atoms with Gasteiger partial charge in [0.05, 0.1) is 12.6 Å². The average Bonchev–Trinajstić information content (AvgIpc) is 2.84. The summed E-state index contributed by atoms with van der Waals surface area (Å²) in [7, 11) is 0. The molecule has 23 heavy (non-hydrogen) atoms. The van der Waals surface area contributed by atoms with Gasteiger partial charge in [-0.3, -0.25) is 19.5 Å². The van der Waals surface area contributed by atoms with Crippen molar-refractivity contribution in [3.05, 3.63) is 38.0 Å². The molecule has 0 saturated heterocycles. The topological polar surface area (TPSA) is 119 Å². The van der Waals surface area contributed by atoms with Crippen molar-refractivity contribution in [3.63, 3.8) is 0 Å². The highest BCUT2D eigenvalue weighted by molar-refractivity contribution is 5.76. The molecule has 1 amide bonds. The normalized spacial score (nSPS) is 12.7. The second-order valence-corrected chi connectivity index (χ2v) is 5.98. The van der Waals surface area contributed by atoms with E-state index in [1.807, 2.05) is 13.8 Å². The van der Waals surface area contributed by atoms with Crippen LogP contribution >= 0.6 is 0 Å². The number of nitrogens with zero attached hydrogens (tertiary/aromatic N) is 1. The fourth-order valence-electron chi connectivity index (χ4n) is 2.44. The molecule has 0 aliphatic carbocycles. The lowest BCUT2D eigenvalue weighted by molar-refractivity contribution is -0.122. The highest BCUT2D eigenvalue weighted by atomic mass is 16.3. The number of nitrogens with one attached hydrogen (secondary N) is 3. The number of aliphatic hydroxyl groups is 1. The first kappa shape index (κ1) is 17.0. The fourth-order valence-corrected chi connectivity index (χ4v) is 2.44. The summed E-state index contributed by atoms with van der Waals surface area (Å²) < 4.78 is 1.15. The van der Waals surface area contributed by atoms with Crippen molar-refractivity contribution in [1.29, 1.82) is 0 Å². The molecule has 0 aliphatic heterocycles. The monoisotopic (exact) mass is 322 g/mol. The quantitative estimate of drug-likeness (QED) is 0.583. The van der Waals surface area contributed by atoms with Gasteiger partial charge in [-0.1, -0.05) is 13.8 Å². The number of H-pyrrole nitrogens is 2. The molecule has 0 aliphatic rings. The third-order valence-corrected chi connectivity index (χ3v) is 3.91. The molecular formula is C15H22N4O4. The average molecular weight is 322 g/mol. The standard InChI is InChI=1S/C15H22N4O4/c1-8(2)11(7-20)17-13(21)5-4-10-9(3)16-12-6-14(22)18-19(12)15(10)23/h6,8,11,16,20H,4-5,7H2,1-3H3,(H,17,21)(H,18,22)/t11-/m1/s1. The molecule has 2 heterocycles. The number of hydrogen-bond acceptors (Lipinski definition) is 4. The van der Waals surface area contributed by atoms with Crippen LogP contribution < -0.4 is 16.4 Å². The minimum absolute atomic E-state index is 0.121. The van der Waals surface area contributed by atoms with Gasteiger partial charge in [-0.15, -0.1) is 0 Å². The summed E-state index contributed by atoms with van der Waals surface area (Å²) in [6, 6.07) is 1.00. The number of amides is 1. The number of carbonyl (C=O) groups is 1. The Morgan fingerprint density at radius 3 is 2.70 bits per heavy atom. The van der Waals surface area contributed by atoms with Crippen LogP contribution in [-0.2, 0) is 11.2 Å². The van der Waals surface area contributed by atoms with Gasteiger partial charge in [-0.2, -0.15) is 0 Å². The SMILES string of the molecule is Cc1[nH]c2cc(=O)[nH]n2c(=O)c1CCC(=O)N[C@H](CO)C(C)C. The molecule has 1 atom stereocenters. The van der Waals surface area contributed by atoms with Gasteiger partial charge in [-0.25, -0.2) is 4.52 Å². The summed E-state index contributed by atoms with van der Waals surface area (Å²) in [4.78, 5) is 38.6. The van der Waals surface area contributed by atoms with Crippen LogP contribution in [0.5, 0.6) is 0 Å². The minimum atomic E-state index is -0.365. The smallest absolute Gasteiger partial charge is 0.276 e. The van der Waals surface area contributed by atoms with Gasteiger partial charge in [0.2, 0.25) is 5.91 Å². The third-order valence-electron chi connectivity index (χ3n) is 3.91. The Bertz CT molecular complexity index is 815. The number of carbonyl (C=O) groups excluding carboxylic acids is 1. The molecule has 0 saturated carbocycles. The molecule has 8 heteroatoms. The summed E-state index contributed by atoms with van der Waals surface area (Å²) in [6.45, 7) is 5.43. The van der Waals surface area contributed by atoms with E-state index in [-0.39, 0.29) is 48.4 Å². The predicted molar refractivity (Wildman–Crippen MR) is 85.6 cm³/mol. The molecule has 0 fully saturated rings. The molecule has 4 N–H and O–H groups in total. The van der Waals surface area contributed by atoms with Crippen molar-refractivity contribution in [3.8, 4) is 0 Å². The van der Waals surface area contributed by atoms with E-state index in [4.69, 9.17) is 0 Å². The van der Waals surface area contributed by atoms with E-state index in [1.54, 1.807) is 6.92 Å². The second kappa shape index (κ2) is 6.82. The number of aromatic nitrogens is 3. The molecule has 2 rings (SSSR count). The minimum Gasteiger partial charge on any atom is -0.394 e. The lowest BCUT2D eigenvalue weighted by atomic mass is 10.0. The van der Waals surface area contributed by atoms with E-state index in [9.17, 15) is 19.5 Å². The molecule has 2 aromatic rings. The molecule has 0 bridgehead atoms. The first-order chi connectivity index (χ1) is 10.8. The molecule has 126 valence electrons. The van der Waals surface area contributed by atoms with Crippen molar-refractivity contribution >= 4 is 11.6 Å². The summed E-state index contributed by atoms with van der Waals surface area (Å²) in [6.07, 6.45) is 0.379. The summed E-state index contributed by atoms with van der Waals surface area (Å²) in [5, 5.41) is 14.4. The molecule has 0 spiro atoms. The maximum absolute atomic E-state index is 12.4. The van der Waals surface area contributed by atoms with Crippen molar-refractivity contribution in [1.82, 2.24) is 19.9 Å². The zero-order chi connectivity index (χ0) is 17.1. The number of fused-ring (bicyclic) bond motifs is 1. The van der Waals surface area contributed by atoms with Crippen LogP contribution in [0.3, 0.4) is 0 Å². The van der Waals surface area contributed by atoms with Crippen LogP contribution in [0.2, 0.25) is 0 Å². The van der Waals surface area contributed by atoms with Gasteiger partial charge in [0.15, 0.2) is 0 Å². The number of rotatable bonds is 6. The fraction of sp³-hybridized carbons (Fsp3) is 0.533. The van der Waals surface area contributed by atoms with Crippen LogP contribution in [0, 0.1) is 12.8 Å². The van der Waals surface area contributed by atoms with E-state index >= 15 is 0 Å². The predicted octanol–water partition coefficient (Wildman–Crippen LogP) is -0.310. The zero-order valence-electron chi connectivity index (χ0n) is 13.5. The lowest BCUT2D eigenvalue weighted by Crippen LogP contribution is -2.41. The Morgan fingerprint density at radius 1 is 1.39 bits per heavy atom. The summed E-state index contributed by atoms with van der Waals surface area (Å²) >= 11 is 0. The number of hydrogen-bond donors (Lipinski definition) is 4. The van der Waals surface area contributed by atoms with Crippen LogP contribution in [0.4, 0.5) is 0 Å². The Morgan fingerprint density at radius 2 is 2.09 bits per heavy atom. The van der Waals surface area contributed by atoms with Crippen molar-refractivity contribution in [2.45, 2.75) is 39.7 Å². The Labute approximate surface area is 132 Å². The van der Waals surface area contributed by atoms with Crippen molar-refractivity contribution in [2.24, 2.45) is 5.92 Å². The Balaban J connectivity index is 2.14. The zero-order valence-corrected chi connectivity index (χ0v) is 13.5. The maximum atomic E-state index is 12.4. The molecule has 2 aromatic heterocycles. The summed E-state index contributed by atoms with van der Waals surface area (Å²) in [5.41, 5.74) is 0.767. The molecule has 0 unspecified atom stereocenters. The first-order valence-electron chi connectivity index (χ1n) is 7.57. The first-order valence-corrected chi connectivity index (χ1v) is 7.57. The van der Waals surface area contributed by atoms with E-state index < -0.39 is 0 Å². The van der Waals surface area contributed by atoms with Crippen LogP contribution in [0.15, 0.2) is 15.7 Å². The van der Waals surface area contributed by atoms with E-state index in [1.165, 1.54) is 6.07 Å². The molecule has 8 nitrogen and oxygen atoms in total. The highest BCUT2D eigenvalue weighted by Gasteiger charge is 2.16. The van der Waals surface area contributed by atoms with E-state index in [0.29, 0.717) is 16.9 Å². The van der Waals surface area contributed by atoms with E-state index in [0.717, 1.165) is 4.52 Å². The number of aryl methyl sites for hydroxylation is 1. The molecule has 0 aromatic carbocycles. The highest BCUT2D eigenvalue weighted by Crippen LogP contribution is 2.06. The maximum Gasteiger partial charge on any atom is 0.276 e. The van der Waals surface area contributed by atoms with Gasteiger partial charge >= 0.3 is 0 Å². The van der Waals surface area contributed by atoms with E-state index in [2.05, 4.69) is 15.4 Å². The number of aliphatic hydroxyl groups excluding tert-OH is 1. The van der Waals surface area contributed by atoms with Crippen LogP contribution in [-0.4, -0.2) is 38.3 Å². The third kappa shape index (κ3) is 3.70. The van der Waals surface area contributed by atoms with Gasteiger partial charge < -0.3 is 15.4 Å². The number of aromatic amines is 2. The van der Waals surface area contributed by atoms with Gasteiger partial charge in [0.25, 0.3) is 11.1 Å². The molecule has 0 radical (unpaired) electrons. The van der Waals surface area contributed by atoms with Gasteiger partial charge in [-0.05, 0) is 19.3 Å². The van der Waals surface area contributed by atoms with Crippen molar-refractivity contribution in [2.75, 3.05) is 6.61 Å².